The molecular weight excluding hydrogens is 228 g/mol. The lowest BCUT2D eigenvalue weighted by molar-refractivity contribution is 0.274. The number of benzene rings is 1. The molecule has 0 spiro atoms. The average Bonchev–Trinajstić information content (AvgIpc) is 2.47. The van der Waals surface area contributed by atoms with E-state index in [1.807, 2.05) is 18.2 Å². The number of nitrogens with two attached hydrogens (primary N) is 1. The summed E-state index contributed by atoms with van der Waals surface area (Å²) < 4.78 is 5.64. The van der Waals surface area contributed by atoms with E-state index in [1.54, 1.807) is 12.3 Å². The Bertz CT molecular complexity index is 558. The zero-order valence-corrected chi connectivity index (χ0v) is 9.84. The van der Waals surface area contributed by atoms with E-state index < -0.39 is 0 Å². The van der Waals surface area contributed by atoms with Gasteiger partial charge in [-0.1, -0.05) is 18.2 Å². The Kier molecular flexibility index (Phi) is 2.82. The highest BCUT2D eigenvalue weighted by Gasteiger charge is 2.24. The van der Waals surface area contributed by atoms with E-state index in [0.29, 0.717) is 12.4 Å². The van der Waals surface area contributed by atoms with Crippen molar-refractivity contribution in [2.75, 3.05) is 12.0 Å². The zero-order valence-electron chi connectivity index (χ0n) is 9.84. The molecule has 0 saturated heterocycles. The van der Waals surface area contributed by atoms with Gasteiger partial charge >= 0.3 is 0 Å². The van der Waals surface area contributed by atoms with E-state index in [2.05, 4.69) is 21.5 Å². The fourth-order valence-electron chi connectivity index (χ4n) is 2.23. The number of anilines is 1. The Morgan fingerprint density at radius 2 is 2.17 bits per heavy atom. The molecule has 1 unspecified atom stereocenters. The first-order valence-corrected chi connectivity index (χ1v) is 5.90. The van der Waals surface area contributed by atoms with Crippen LogP contribution in [0.2, 0.25) is 0 Å². The summed E-state index contributed by atoms with van der Waals surface area (Å²) in [6.45, 7) is 0.686. The fourth-order valence-corrected chi connectivity index (χ4v) is 2.23. The van der Waals surface area contributed by atoms with Gasteiger partial charge in [0.25, 0.3) is 0 Å². The molecule has 1 aromatic carbocycles. The van der Waals surface area contributed by atoms with Gasteiger partial charge in [-0.2, -0.15) is 0 Å². The van der Waals surface area contributed by atoms with Gasteiger partial charge in [0.2, 0.25) is 0 Å². The van der Waals surface area contributed by atoms with E-state index in [9.17, 15) is 0 Å². The first-order valence-electron chi connectivity index (χ1n) is 5.90. The third-order valence-electron chi connectivity index (χ3n) is 3.09. The van der Waals surface area contributed by atoms with Crippen LogP contribution in [0.15, 0.2) is 36.5 Å². The minimum Gasteiger partial charge on any atom is -0.493 e. The molecule has 1 aromatic heterocycles. The van der Waals surface area contributed by atoms with Crippen molar-refractivity contribution in [3.63, 3.8) is 0 Å². The van der Waals surface area contributed by atoms with Crippen LogP contribution in [0.3, 0.4) is 0 Å². The van der Waals surface area contributed by atoms with Gasteiger partial charge in [-0.3, -0.25) is 0 Å². The Balaban J connectivity index is 2.02. The average molecular weight is 242 g/mol. The summed E-state index contributed by atoms with van der Waals surface area (Å²) in [7, 11) is 0. The van der Waals surface area contributed by atoms with E-state index in [4.69, 9.17) is 10.6 Å². The lowest BCUT2D eigenvalue weighted by atomic mass is 9.92. The van der Waals surface area contributed by atoms with Gasteiger partial charge in [0.15, 0.2) is 0 Å². The van der Waals surface area contributed by atoms with Gasteiger partial charge in [-0.15, -0.1) is 0 Å². The van der Waals surface area contributed by atoms with Crippen LogP contribution < -0.4 is 16.0 Å². The van der Waals surface area contributed by atoms with Crippen LogP contribution in [-0.4, -0.2) is 16.6 Å². The molecule has 3 rings (SSSR count). The second-order valence-electron chi connectivity index (χ2n) is 4.17. The number of hydrazine groups is 1. The third kappa shape index (κ3) is 1.89. The molecule has 0 amide bonds. The van der Waals surface area contributed by atoms with E-state index in [-0.39, 0.29) is 5.92 Å². The van der Waals surface area contributed by atoms with Crippen LogP contribution in [0, 0.1) is 0 Å². The molecule has 0 bridgehead atoms. The minimum absolute atomic E-state index is 0.170. The van der Waals surface area contributed by atoms with Gasteiger partial charge in [0.05, 0.1) is 12.5 Å². The molecule has 3 N–H and O–H groups in total. The number of aromatic nitrogens is 2. The van der Waals surface area contributed by atoms with Crippen molar-refractivity contribution in [1.29, 1.82) is 0 Å². The normalized spacial score (nSPS) is 17.7. The van der Waals surface area contributed by atoms with Gasteiger partial charge < -0.3 is 10.2 Å². The first kappa shape index (κ1) is 11.0. The number of hydrogen-bond donors (Lipinski definition) is 2. The third-order valence-corrected chi connectivity index (χ3v) is 3.09. The minimum atomic E-state index is 0.170. The maximum absolute atomic E-state index is 5.64. The highest BCUT2D eigenvalue weighted by Crippen LogP contribution is 2.36. The largest absolute Gasteiger partial charge is 0.493 e. The summed E-state index contributed by atoms with van der Waals surface area (Å²) in [6, 6.07) is 9.76. The van der Waals surface area contributed by atoms with Gasteiger partial charge in [0.1, 0.15) is 17.4 Å². The predicted molar refractivity (Wildman–Crippen MR) is 68.2 cm³/mol. The summed E-state index contributed by atoms with van der Waals surface area (Å²) in [5.74, 6) is 7.88. The summed E-state index contributed by atoms with van der Waals surface area (Å²) in [5, 5.41) is 0. The van der Waals surface area contributed by atoms with Gasteiger partial charge in [-0.05, 0) is 12.5 Å². The Labute approximate surface area is 105 Å². The molecule has 0 aliphatic carbocycles. The molecule has 5 heteroatoms. The number of nitrogen functional groups attached to an aromatic ring is 1. The van der Waals surface area contributed by atoms with Crippen LogP contribution >= 0.6 is 0 Å². The van der Waals surface area contributed by atoms with Gasteiger partial charge in [-0.25, -0.2) is 15.8 Å². The molecule has 0 radical (unpaired) electrons. The van der Waals surface area contributed by atoms with Crippen molar-refractivity contribution in [2.24, 2.45) is 5.84 Å². The lowest BCUT2D eigenvalue weighted by Gasteiger charge is -2.24. The van der Waals surface area contributed by atoms with Crippen molar-refractivity contribution in [2.45, 2.75) is 12.3 Å². The molecule has 0 fully saturated rings. The Morgan fingerprint density at radius 1 is 1.28 bits per heavy atom. The molecule has 1 atom stereocenters. The first-order chi connectivity index (χ1) is 8.88. The summed E-state index contributed by atoms with van der Waals surface area (Å²) in [4.78, 5) is 8.76. The quantitative estimate of drug-likeness (QED) is 0.619. The number of para-hydroxylation sites is 1. The molecule has 2 aromatic rings. The standard InChI is InChI=1S/C13H14N4O/c14-17-12-5-7-15-13(16-12)10-6-8-18-11-4-2-1-3-9(10)11/h1-5,7,10H,6,8,14H2,(H,15,16,17). The summed E-state index contributed by atoms with van der Waals surface area (Å²) >= 11 is 0. The summed E-state index contributed by atoms with van der Waals surface area (Å²) in [5.41, 5.74) is 3.69. The zero-order chi connectivity index (χ0) is 12.4. The SMILES string of the molecule is NNc1ccnc(C2CCOc3ccccc32)n1. The van der Waals surface area contributed by atoms with Gasteiger partial charge in [0, 0.05) is 17.8 Å². The van der Waals surface area contributed by atoms with Crippen LogP contribution in [-0.2, 0) is 0 Å². The topological polar surface area (TPSA) is 73.1 Å². The molecule has 1 aliphatic heterocycles. The molecule has 92 valence electrons. The summed E-state index contributed by atoms with van der Waals surface area (Å²) in [6.07, 6.45) is 2.60. The monoisotopic (exact) mass is 242 g/mol. The molecule has 2 heterocycles. The smallest absolute Gasteiger partial charge is 0.143 e. The van der Waals surface area contributed by atoms with Crippen LogP contribution in [0.4, 0.5) is 5.82 Å². The Hall–Kier alpha value is -2.14. The molecule has 1 aliphatic rings. The van der Waals surface area contributed by atoms with Crippen molar-refractivity contribution in [3.05, 3.63) is 47.9 Å². The molecular formula is C13H14N4O. The number of rotatable bonds is 2. The molecule has 0 saturated carbocycles. The maximum Gasteiger partial charge on any atom is 0.143 e. The van der Waals surface area contributed by atoms with E-state index in [0.717, 1.165) is 23.6 Å². The van der Waals surface area contributed by atoms with Crippen molar-refractivity contribution in [1.82, 2.24) is 9.97 Å². The number of nitrogens with zero attached hydrogens (tertiary/aromatic N) is 2. The molecule has 18 heavy (non-hydrogen) atoms. The van der Waals surface area contributed by atoms with Crippen LogP contribution in [0.25, 0.3) is 0 Å². The Morgan fingerprint density at radius 3 is 3.06 bits per heavy atom. The second-order valence-corrected chi connectivity index (χ2v) is 4.17. The highest BCUT2D eigenvalue weighted by atomic mass is 16.5. The highest BCUT2D eigenvalue weighted by molar-refractivity contribution is 5.42. The second kappa shape index (κ2) is 4.62. The van der Waals surface area contributed by atoms with E-state index >= 15 is 0 Å². The van der Waals surface area contributed by atoms with Crippen molar-refractivity contribution < 1.29 is 4.74 Å². The molecule has 5 nitrogen and oxygen atoms in total. The number of nitrogens with one attached hydrogen (secondary N) is 1. The maximum atomic E-state index is 5.64. The fraction of sp³-hybridized carbons (Fsp3) is 0.231. The van der Waals surface area contributed by atoms with Crippen molar-refractivity contribution in [3.8, 4) is 5.75 Å². The van der Waals surface area contributed by atoms with Crippen LogP contribution in [0.1, 0.15) is 23.7 Å². The predicted octanol–water partition coefficient (Wildman–Crippen LogP) is 1.68. The van der Waals surface area contributed by atoms with Crippen molar-refractivity contribution >= 4 is 5.82 Å². The lowest BCUT2D eigenvalue weighted by Crippen LogP contribution is -2.18. The number of fused-ring (bicyclic) bond motifs is 1. The van der Waals surface area contributed by atoms with Crippen LogP contribution in [0.5, 0.6) is 5.75 Å². The number of hydrogen-bond acceptors (Lipinski definition) is 5. The van der Waals surface area contributed by atoms with E-state index in [1.165, 1.54) is 0 Å². The number of ether oxygens (including phenoxy) is 1.